The van der Waals surface area contributed by atoms with Gasteiger partial charge in [-0.2, -0.15) is 0 Å². The Labute approximate surface area is 187 Å². The number of piperidine rings is 1. The van der Waals surface area contributed by atoms with Crippen LogP contribution in [0.4, 0.5) is 5.69 Å². The molecule has 0 unspecified atom stereocenters. The van der Waals surface area contributed by atoms with Gasteiger partial charge in [0.25, 0.3) is 5.91 Å². The van der Waals surface area contributed by atoms with Crippen molar-refractivity contribution >= 4 is 11.6 Å². The van der Waals surface area contributed by atoms with E-state index in [4.69, 9.17) is 0 Å². The van der Waals surface area contributed by atoms with Crippen molar-refractivity contribution in [3.05, 3.63) is 93.7 Å². The number of carbonyl (C=O) groups excluding carboxylic acids is 1. The molecule has 7 nitrogen and oxygen atoms in total. The minimum absolute atomic E-state index is 0.0106. The minimum Gasteiger partial charge on any atom is -0.349 e. The highest BCUT2D eigenvalue weighted by Crippen LogP contribution is 2.31. The van der Waals surface area contributed by atoms with Crippen molar-refractivity contribution in [2.24, 2.45) is 0 Å². The second-order valence-electron chi connectivity index (χ2n) is 8.13. The monoisotopic (exact) mass is 430 g/mol. The molecule has 1 aliphatic heterocycles. The normalized spacial score (nSPS) is 14.8. The molecule has 2 aromatic carbocycles. The largest absolute Gasteiger partial charge is 0.349 e. The molecule has 2 heterocycles. The van der Waals surface area contributed by atoms with Crippen LogP contribution in [0.1, 0.15) is 34.3 Å². The summed E-state index contributed by atoms with van der Waals surface area (Å²) in [4.78, 5) is 30.9. The SMILES string of the molecule is Cc1ccccc1CN1CCC(NC(=O)c2ccnc(-c3ccccc3)c2[N+](=O)[O-])CC1. The zero-order chi connectivity index (χ0) is 22.5. The van der Waals surface area contributed by atoms with Crippen LogP contribution in [0.25, 0.3) is 11.3 Å². The first kappa shape index (κ1) is 21.6. The number of nitro groups is 1. The number of hydrogen-bond donors (Lipinski definition) is 1. The Bertz CT molecular complexity index is 1110. The highest BCUT2D eigenvalue weighted by Gasteiger charge is 2.29. The van der Waals surface area contributed by atoms with Crippen LogP contribution in [0.3, 0.4) is 0 Å². The van der Waals surface area contributed by atoms with Gasteiger partial charge < -0.3 is 5.32 Å². The lowest BCUT2D eigenvalue weighted by molar-refractivity contribution is -0.384. The first-order chi connectivity index (χ1) is 15.5. The predicted octanol–water partition coefficient (Wildman–Crippen LogP) is 4.36. The number of aromatic nitrogens is 1. The number of amides is 1. The van der Waals surface area contributed by atoms with Gasteiger partial charge in [0.05, 0.1) is 4.92 Å². The Morgan fingerprint density at radius 2 is 1.78 bits per heavy atom. The Morgan fingerprint density at radius 3 is 2.47 bits per heavy atom. The highest BCUT2D eigenvalue weighted by molar-refractivity contribution is 6.00. The highest BCUT2D eigenvalue weighted by atomic mass is 16.6. The van der Waals surface area contributed by atoms with Crippen molar-refractivity contribution < 1.29 is 9.72 Å². The molecule has 1 fully saturated rings. The molecule has 164 valence electrons. The quantitative estimate of drug-likeness (QED) is 0.464. The van der Waals surface area contributed by atoms with Gasteiger partial charge in [0.2, 0.25) is 0 Å². The Kier molecular flexibility index (Phi) is 6.56. The molecule has 32 heavy (non-hydrogen) atoms. The zero-order valence-electron chi connectivity index (χ0n) is 18.0. The van der Waals surface area contributed by atoms with Gasteiger partial charge in [0.15, 0.2) is 0 Å². The van der Waals surface area contributed by atoms with E-state index >= 15 is 0 Å². The van der Waals surface area contributed by atoms with Crippen molar-refractivity contribution in [2.45, 2.75) is 32.4 Å². The van der Waals surface area contributed by atoms with E-state index in [0.29, 0.717) is 5.56 Å². The lowest BCUT2D eigenvalue weighted by Gasteiger charge is -2.32. The Morgan fingerprint density at radius 1 is 1.09 bits per heavy atom. The number of benzene rings is 2. The third-order valence-corrected chi connectivity index (χ3v) is 5.98. The van der Waals surface area contributed by atoms with Gasteiger partial charge in [-0.05, 0) is 37.0 Å². The summed E-state index contributed by atoms with van der Waals surface area (Å²) in [6.07, 6.45) is 3.07. The molecule has 7 heteroatoms. The molecule has 1 N–H and O–H groups in total. The van der Waals surface area contributed by atoms with Crippen molar-refractivity contribution in [3.8, 4) is 11.3 Å². The molecule has 0 atom stereocenters. The summed E-state index contributed by atoms with van der Waals surface area (Å²) < 4.78 is 0. The van der Waals surface area contributed by atoms with Crippen LogP contribution in [-0.2, 0) is 6.54 Å². The molecule has 1 saturated heterocycles. The number of pyridine rings is 1. The van der Waals surface area contributed by atoms with Crippen molar-refractivity contribution in [2.75, 3.05) is 13.1 Å². The standard InChI is InChI=1S/C25H26N4O3/c1-18-7-5-6-10-20(18)17-28-15-12-21(13-16-28)27-25(30)22-11-14-26-23(24(22)29(31)32)19-8-3-2-4-9-19/h2-11,14,21H,12-13,15-17H2,1H3,(H,27,30). The number of nitrogens with zero attached hydrogens (tertiary/aromatic N) is 3. The molecule has 1 amide bonds. The van der Waals surface area contributed by atoms with E-state index in [1.165, 1.54) is 23.4 Å². The maximum Gasteiger partial charge on any atom is 0.308 e. The van der Waals surface area contributed by atoms with Gasteiger partial charge in [0, 0.05) is 37.4 Å². The molecule has 0 spiro atoms. The number of hydrogen-bond acceptors (Lipinski definition) is 5. The fraction of sp³-hybridized carbons (Fsp3) is 0.280. The lowest BCUT2D eigenvalue weighted by Crippen LogP contribution is -2.44. The van der Waals surface area contributed by atoms with Crippen LogP contribution >= 0.6 is 0 Å². The molecular weight excluding hydrogens is 404 g/mol. The van der Waals surface area contributed by atoms with Gasteiger partial charge >= 0.3 is 5.69 Å². The smallest absolute Gasteiger partial charge is 0.308 e. The van der Waals surface area contributed by atoms with Crippen molar-refractivity contribution in [1.29, 1.82) is 0 Å². The molecule has 0 saturated carbocycles. The molecule has 0 aliphatic carbocycles. The molecule has 0 bridgehead atoms. The van der Waals surface area contributed by atoms with Crippen LogP contribution in [0, 0.1) is 17.0 Å². The van der Waals surface area contributed by atoms with E-state index in [0.717, 1.165) is 32.5 Å². The summed E-state index contributed by atoms with van der Waals surface area (Å²) in [5, 5.41) is 14.8. The molecule has 3 aromatic rings. The third-order valence-electron chi connectivity index (χ3n) is 5.98. The molecular formula is C25H26N4O3. The lowest BCUT2D eigenvalue weighted by atomic mass is 10.0. The van der Waals surface area contributed by atoms with Crippen LogP contribution in [-0.4, -0.2) is 39.8 Å². The molecule has 4 rings (SSSR count). The number of aryl methyl sites for hydroxylation is 1. The number of nitrogens with one attached hydrogen (secondary N) is 1. The second-order valence-corrected chi connectivity index (χ2v) is 8.13. The summed E-state index contributed by atoms with van der Waals surface area (Å²) in [7, 11) is 0. The van der Waals surface area contributed by atoms with Crippen molar-refractivity contribution in [1.82, 2.24) is 15.2 Å². The first-order valence-corrected chi connectivity index (χ1v) is 10.8. The first-order valence-electron chi connectivity index (χ1n) is 10.8. The van der Waals surface area contributed by atoms with E-state index in [-0.39, 0.29) is 23.0 Å². The average Bonchev–Trinajstić information content (AvgIpc) is 2.81. The summed E-state index contributed by atoms with van der Waals surface area (Å²) >= 11 is 0. The molecule has 1 aliphatic rings. The Balaban J connectivity index is 1.44. The summed E-state index contributed by atoms with van der Waals surface area (Å²) in [5.41, 5.74) is 3.20. The van der Waals surface area contributed by atoms with Gasteiger partial charge in [-0.25, -0.2) is 4.98 Å². The van der Waals surface area contributed by atoms with Crippen LogP contribution in [0.2, 0.25) is 0 Å². The van der Waals surface area contributed by atoms with Gasteiger partial charge in [-0.3, -0.25) is 19.8 Å². The van der Waals surface area contributed by atoms with Crippen LogP contribution in [0.5, 0.6) is 0 Å². The number of carbonyl (C=O) groups is 1. The summed E-state index contributed by atoms with van der Waals surface area (Å²) in [6, 6.07) is 18.7. The topological polar surface area (TPSA) is 88.4 Å². The third kappa shape index (κ3) is 4.84. The average molecular weight is 431 g/mol. The minimum atomic E-state index is -0.519. The number of likely N-dealkylation sites (tertiary alicyclic amines) is 1. The predicted molar refractivity (Wildman–Crippen MR) is 123 cm³/mol. The maximum absolute atomic E-state index is 13.0. The van der Waals surface area contributed by atoms with E-state index in [1.807, 2.05) is 12.1 Å². The zero-order valence-corrected chi connectivity index (χ0v) is 18.0. The van der Waals surface area contributed by atoms with E-state index in [2.05, 4.69) is 40.3 Å². The van der Waals surface area contributed by atoms with Gasteiger partial charge in [0.1, 0.15) is 11.3 Å². The Hall–Kier alpha value is -3.58. The van der Waals surface area contributed by atoms with Crippen LogP contribution in [0.15, 0.2) is 66.9 Å². The number of rotatable bonds is 6. The second kappa shape index (κ2) is 9.70. The maximum atomic E-state index is 13.0. The fourth-order valence-electron chi connectivity index (χ4n) is 4.16. The van der Waals surface area contributed by atoms with Crippen molar-refractivity contribution in [3.63, 3.8) is 0 Å². The summed E-state index contributed by atoms with van der Waals surface area (Å²) in [5.74, 6) is -0.423. The van der Waals surface area contributed by atoms with E-state index < -0.39 is 10.8 Å². The van der Waals surface area contributed by atoms with E-state index in [9.17, 15) is 14.9 Å². The summed E-state index contributed by atoms with van der Waals surface area (Å²) in [6.45, 7) is 4.75. The molecule has 0 radical (unpaired) electrons. The fourth-order valence-corrected chi connectivity index (χ4v) is 4.16. The molecule has 1 aromatic heterocycles. The van der Waals surface area contributed by atoms with Crippen LogP contribution < -0.4 is 5.32 Å². The van der Waals surface area contributed by atoms with Gasteiger partial charge in [-0.15, -0.1) is 0 Å². The van der Waals surface area contributed by atoms with E-state index in [1.54, 1.807) is 24.3 Å². The van der Waals surface area contributed by atoms with Gasteiger partial charge in [-0.1, -0.05) is 54.6 Å².